The second kappa shape index (κ2) is 8.03. The molecule has 0 unspecified atom stereocenters. The molecule has 2 N–H and O–H groups in total. The van der Waals surface area contributed by atoms with Crippen LogP contribution in [0.15, 0.2) is 28.0 Å². The van der Waals surface area contributed by atoms with E-state index in [1.807, 2.05) is 18.7 Å². The Morgan fingerprint density at radius 1 is 1.30 bits per heavy atom. The van der Waals surface area contributed by atoms with Crippen molar-refractivity contribution in [1.82, 2.24) is 15.2 Å². The number of anilines is 1. The van der Waals surface area contributed by atoms with Gasteiger partial charge in [-0.25, -0.2) is 4.63 Å². The molecule has 7 nitrogen and oxygen atoms in total. The fourth-order valence-corrected chi connectivity index (χ4v) is 2.39. The molecule has 0 amide bonds. The van der Waals surface area contributed by atoms with Crippen LogP contribution >= 0.6 is 23.2 Å². The third-order valence-electron chi connectivity index (χ3n) is 3.17. The van der Waals surface area contributed by atoms with E-state index < -0.39 is 0 Å². The molecule has 0 radical (unpaired) electrons. The molecule has 1 aromatic carbocycles. The zero-order valence-corrected chi connectivity index (χ0v) is 14.3. The summed E-state index contributed by atoms with van der Waals surface area (Å²) in [6, 6.07) is 5.17. The maximum absolute atomic E-state index is 6.11. The molecule has 0 bridgehead atoms. The summed E-state index contributed by atoms with van der Waals surface area (Å²) in [6.45, 7) is 5.56. The molecule has 2 rings (SSSR count). The highest BCUT2D eigenvalue weighted by molar-refractivity contribution is 6.35. The van der Waals surface area contributed by atoms with E-state index in [0.29, 0.717) is 34.7 Å². The van der Waals surface area contributed by atoms with Crippen LogP contribution in [0.1, 0.15) is 25.1 Å². The topological polar surface area (TPSA) is 89.8 Å². The molecule has 124 valence electrons. The first-order valence-corrected chi connectivity index (χ1v) is 7.79. The Bertz CT molecular complexity index is 686. The Morgan fingerprint density at radius 3 is 2.61 bits per heavy atom. The Balaban J connectivity index is 2.19. The monoisotopic (exact) mass is 357 g/mol. The molecule has 9 heteroatoms. The van der Waals surface area contributed by atoms with Gasteiger partial charge in [-0.05, 0) is 36.3 Å². The van der Waals surface area contributed by atoms with Crippen LogP contribution in [0.4, 0.5) is 5.82 Å². The van der Waals surface area contributed by atoms with Gasteiger partial charge in [0.1, 0.15) is 6.61 Å². The van der Waals surface area contributed by atoms with Crippen molar-refractivity contribution in [2.24, 2.45) is 5.16 Å². The minimum atomic E-state index is 0.156. The van der Waals surface area contributed by atoms with Gasteiger partial charge in [-0.3, -0.25) is 0 Å². The van der Waals surface area contributed by atoms with E-state index in [1.54, 1.807) is 18.2 Å². The summed E-state index contributed by atoms with van der Waals surface area (Å²) in [6.07, 6.45) is 0. The number of nitrogens with two attached hydrogens (primary N) is 1. The summed E-state index contributed by atoms with van der Waals surface area (Å²) in [5.74, 6) is 0.614. The van der Waals surface area contributed by atoms with Crippen molar-refractivity contribution in [3.05, 3.63) is 39.5 Å². The summed E-state index contributed by atoms with van der Waals surface area (Å²) >= 11 is 12.0. The van der Waals surface area contributed by atoms with Gasteiger partial charge < -0.3 is 15.5 Å². The third kappa shape index (κ3) is 4.27. The van der Waals surface area contributed by atoms with Gasteiger partial charge in [-0.15, -0.1) is 0 Å². The number of benzene rings is 1. The van der Waals surface area contributed by atoms with E-state index in [0.717, 1.165) is 5.56 Å². The van der Waals surface area contributed by atoms with E-state index in [9.17, 15) is 0 Å². The van der Waals surface area contributed by atoms with Crippen molar-refractivity contribution in [3.8, 4) is 0 Å². The lowest BCUT2D eigenvalue weighted by Crippen LogP contribution is -2.32. The minimum Gasteiger partial charge on any atom is -0.389 e. The number of aromatic nitrogens is 2. The van der Waals surface area contributed by atoms with E-state index >= 15 is 0 Å². The van der Waals surface area contributed by atoms with Crippen LogP contribution in [0.5, 0.6) is 0 Å². The van der Waals surface area contributed by atoms with Gasteiger partial charge in [0.2, 0.25) is 5.84 Å². The Hall–Kier alpha value is -1.99. The van der Waals surface area contributed by atoms with Crippen LogP contribution in [0, 0.1) is 0 Å². The fraction of sp³-hybridized carbons (Fsp3) is 0.357. The number of hydrogen-bond donors (Lipinski definition) is 1. The van der Waals surface area contributed by atoms with Crippen LogP contribution in [-0.2, 0) is 11.4 Å². The summed E-state index contributed by atoms with van der Waals surface area (Å²) in [5.41, 5.74) is 6.86. The first-order valence-electron chi connectivity index (χ1n) is 7.04. The predicted molar refractivity (Wildman–Crippen MR) is 89.4 cm³/mol. The number of amidine groups is 1. The van der Waals surface area contributed by atoms with Gasteiger partial charge in [-0.2, -0.15) is 0 Å². The summed E-state index contributed by atoms with van der Waals surface area (Å²) in [5, 5.41) is 12.6. The van der Waals surface area contributed by atoms with Crippen LogP contribution < -0.4 is 5.73 Å². The highest BCUT2D eigenvalue weighted by Gasteiger charge is 2.20. The van der Waals surface area contributed by atoms with E-state index in [2.05, 4.69) is 20.1 Å². The normalized spacial score (nSPS) is 11.6. The number of nitrogens with zero attached hydrogens (tertiary/aromatic N) is 4. The lowest BCUT2D eigenvalue weighted by Gasteiger charge is -2.20. The molecule has 0 saturated heterocycles. The zero-order chi connectivity index (χ0) is 16.8. The molecule has 0 saturated carbocycles. The molecule has 1 aromatic heterocycles. The molecule has 0 aliphatic rings. The quantitative estimate of drug-likeness (QED) is 0.485. The average Bonchev–Trinajstić information content (AvgIpc) is 2.94. The molecule has 0 aliphatic heterocycles. The van der Waals surface area contributed by atoms with Crippen LogP contribution in [0.3, 0.4) is 0 Å². The first-order chi connectivity index (χ1) is 11.1. The highest BCUT2D eigenvalue weighted by atomic mass is 35.5. The standard InChI is InChI=1S/C14H17Cl2N5O2/c1-3-21(4-2)14(12-13(17)19-23-18-12)20-22-8-9-5-6-10(15)7-11(9)16/h5-7H,3-4,8H2,1-2H3,(H2,17,19)/b20-14+. The molecular weight excluding hydrogens is 341 g/mol. The lowest BCUT2D eigenvalue weighted by atomic mass is 10.2. The van der Waals surface area contributed by atoms with E-state index in [1.165, 1.54) is 0 Å². The smallest absolute Gasteiger partial charge is 0.201 e. The Labute approximate surface area is 143 Å². The minimum absolute atomic E-state index is 0.156. The van der Waals surface area contributed by atoms with Crippen molar-refractivity contribution in [3.63, 3.8) is 0 Å². The van der Waals surface area contributed by atoms with Gasteiger partial charge in [-0.1, -0.05) is 34.4 Å². The fourth-order valence-electron chi connectivity index (χ4n) is 1.93. The van der Waals surface area contributed by atoms with Crippen molar-refractivity contribution >= 4 is 34.9 Å². The largest absolute Gasteiger partial charge is 0.389 e. The van der Waals surface area contributed by atoms with Crippen molar-refractivity contribution in [2.75, 3.05) is 18.8 Å². The van der Waals surface area contributed by atoms with Gasteiger partial charge in [0.25, 0.3) is 0 Å². The average molecular weight is 358 g/mol. The second-order valence-corrected chi connectivity index (χ2v) is 5.44. The van der Waals surface area contributed by atoms with Gasteiger partial charge in [0, 0.05) is 28.7 Å². The molecule has 0 atom stereocenters. The predicted octanol–water partition coefficient (Wildman–Crippen LogP) is 3.18. The van der Waals surface area contributed by atoms with Gasteiger partial charge >= 0.3 is 0 Å². The van der Waals surface area contributed by atoms with E-state index in [4.69, 9.17) is 33.8 Å². The molecule has 23 heavy (non-hydrogen) atoms. The maximum atomic E-state index is 6.11. The number of oxime groups is 1. The third-order valence-corrected chi connectivity index (χ3v) is 3.76. The summed E-state index contributed by atoms with van der Waals surface area (Å²) in [4.78, 5) is 7.35. The van der Waals surface area contributed by atoms with Crippen LogP contribution in [0.25, 0.3) is 0 Å². The molecule has 1 heterocycles. The van der Waals surface area contributed by atoms with Gasteiger partial charge in [0.05, 0.1) is 0 Å². The molecule has 0 fully saturated rings. The van der Waals surface area contributed by atoms with Crippen molar-refractivity contribution in [1.29, 1.82) is 0 Å². The van der Waals surface area contributed by atoms with Crippen molar-refractivity contribution < 1.29 is 9.47 Å². The van der Waals surface area contributed by atoms with Crippen LogP contribution in [0.2, 0.25) is 10.0 Å². The maximum Gasteiger partial charge on any atom is 0.201 e. The highest BCUT2D eigenvalue weighted by Crippen LogP contribution is 2.21. The molecule has 0 spiro atoms. The Kier molecular flexibility index (Phi) is 6.06. The number of rotatable bonds is 6. The SMILES string of the molecule is CCN(CC)/C(=N/OCc1ccc(Cl)cc1Cl)c1nonc1N. The second-order valence-electron chi connectivity index (χ2n) is 4.59. The van der Waals surface area contributed by atoms with Crippen molar-refractivity contribution in [2.45, 2.75) is 20.5 Å². The number of nitrogen functional groups attached to an aromatic ring is 1. The number of hydrogen-bond acceptors (Lipinski definition) is 6. The molecule has 2 aromatic rings. The Morgan fingerprint density at radius 2 is 2.04 bits per heavy atom. The molecular formula is C14H17Cl2N5O2. The lowest BCUT2D eigenvalue weighted by molar-refractivity contribution is 0.126. The number of halogens is 2. The first kappa shape index (κ1) is 17.4. The summed E-state index contributed by atoms with van der Waals surface area (Å²) in [7, 11) is 0. The summed E-state index contributed by atoms with van der Waals surface area (Å²) < 4.78 is 4.64. The van der Waals surface area contributed by atoms with Crippen LogP contribution in [-0.4, -0.2) is 34.1 Å². The van der Waals surface area contributed by atoms with Gasteiger partial charge in [0.15, 0.2) is 11.5 Å². The van der Waals surface area contributed by atoms with E-state index in [-0.39, 0.29) is 12.4 Å². The zero-order valence-electron chi connectivity index (χ0n) is 12.8. The molecule has 0 aliphatic carbocycles.